The molecule has 0 spiro atoms. The van der Waals surface area contributed by atoms with Gasteiger partial charge in [0.15, 0.2) is 5.43 Å². The predicted molar refractivity (Wildman–Crippen MR) is 66.2 cm³/mol. The third kappa shape index (κ3) is 2.41. The van der Waals surface area contributed by atoms with Crippen molar-refractivity contribution in [3.8, 4) is 0 Å². The summed E-state index contributed by atoms with van der Waals surface area (Å²) in [5.41, 5.74) is 6.85. The van der Waals surface area contributed by atoms with Crippen molar-refractivity contribution in [2.45, 2.75) is 12.5 Å². The number of rotatable bonds is 3. The second-order valence-corrected chi connectivity index (χ2v) is 3.95. The molecule has 94 valence electrons. The van der Waals surface area contributed by atoms with Gasteiger partial charge in [-0.1, -0.05) is 6.07 Å². The molecule has 18 heavy (non-hydrogen) atoms. The van der Waals surface area contributed by atoms with Crippen molar-refractivity contribution in [2.75, 3.05) is 7.11 Å². The Balaban J connectivity index is 2.33. The van der Waals surface area contributed by atoms with Gasteiger partial charge in [0.25, 0.3) is 0 Å². The van der Waals surface area contributed by atoms with Crippen molar-refractivity contribution < 1.29 is 13.9 Å². The molecule has 2 N–H and O–H groups in total. The monoisotopic (exact) mass is 247 g/mol. The Kier molecular flexibility index (Phi) is 3.43. The lowest BCUT2D eigenvalue weighted by atomic mass is 10.0. The average molecular weight is 247 g/mol. The Morgan fingerprint density at radius 2 is 2.22 bits per heavy atom. The molecule has 1 atom stereocenters. The van der Waals surface area contributed by atoms with Crippen molar-refractivity contribution in [2.24, 2.45) is 5.73 Å². The number of benzene rings is 1. The second kappa shape index (κ2) is 5.01. The second-order valence-electron chi connectivity index (χ2n) is 3.95. The summed E-state index contributed by atoms with van der Waals surface area (Å²) in [5.74, 6) is -0.477. The summed E-state index contributed by atoms with van der Waals surface area (Å²) < 4.78 is 9.75. The zero-order valence-electron chi connectivity index (χ0n) is 9.88. The summed E-state index contributed by atoms with van der Waals surface area (Å²) in [4.78, 5) is 22.8. The number of fused-ring (bicyclic) bond motifs is 1. The number of ether oxygens (including phenoxy) is 1. The van der Waals surface area contributed by atoms with Gasteiger partial charge >= 0.3 is 5.97 Å². The standard InChI is InChI=1S/C13H13NO4/c1-17-13(16)10(14)7-8-2-3-12-9(6-8)11(15)4-5-18-12/h2-6,10H,7,14H2,1H3. The number of hydrogen-bond acceptors (Lipinski definition) is 5. The molecule has 1 aromatic carbocycles. The van der Waals surface area contributed by atoms with Crippen molar-refractivity contribution in [3.63, 3.8) is 0 Å². The Morgan fingerprint density at radius 3 is 2.94 bits per heavy atom. The molecule has 0 amide bonds. The molecule has 1 aromatic heterocycles. The van der Waals surface area contributed by atoms with E-state index in [-0.39, 0.29) is 5.43 Å². The van der Waals surface area contributed by atoms with Crippen LogP contribution >= 0.6 is 0 Å². The van der Waals surface area contributed by atoms with Gasteiger partial charge in [0, 0.05) is 6.07 Å². The van der Waals surface area contributed by atoms with E-state index < -0.39 is 12.0 Å². The van der Waals surface area contributed by atoms with Crippen LogP contribution in [0.2, 0.25) is 0 Å². The molecular formula is C13H13NO4. The van der Waals surface area contributed by atoms with Gasteiger partial charge in [-0.15, -0.1) is 0 Å². The highest BCUT2D eigenvalue weighted by atomic mass is 16.5. The van der Waals surface area contributed by atoms with E-state index >= 15 is 0 Å². The zero-order valence-corrected chi connectivity index (χ0v) is 9.88. The molecule has 0 aliphatic rings. The van der Waals surface area contributed by atoms with E-state index in [0.29, 0.717) is 17.4 Å². The van der Waals surface area contributed by atoms with Crippen molar-refractivity contribution in [1.82, 2.24) is 0 Å². The molecular weight excluding hydrogens is 234 g/mol. The first-order chi connectivity index (χ1) is 8.61. The Bertz CT molecular complexity index is 632. The van der Waals surface area contributed by atoms with Gasteiger partial charge in [0.2, 0.25) is 0 Å². The predicted octanol–water partition coefficient (Wildman–Crippen LogP) is 0.836. The van der Waals surface area contributed by atoms with Crippen molar-refractivity contribution in [3.05, 3.63) is 46.3 Å². The number of carbonyl (C=O) groups is 1. The number of hydrogen-bond donors (Lipinski definition) is 1. The van der Waals surface area contributed by atoms with Crippen molar-refractivity contribution in [1.29, 1.82) is 0 Å². The lowest BCUT2D eigenvalue weighted by Gasteiger charge is -2.09. The molecule has 1 unspecified atom stereocenters. The quantitative estimate of drug-likeness (QED) is 0.812. The van der Waals surface area contributed by atoms with Gasteiger partial charge in [-0.3, -0.25) is 9.59 Å². The molecule has 0 saturated heterocycles. The van der Waals surface area contributed by atoms with Crippen LogP contribution in [0, 0.1) is 0 Å². The number of methoxy groups -OCH3 is 1. The maximum atomic E-state index is 11.6. The summed E-state index contributed by atoms with van der Waals surface area (Å²) >= 11 is 0. The lowest BCUT2D eigenvalue weighted by molar-refractivity contribution is -0.142. The fraction of sp³-hybridized carbons (Fsp3) is 0.231. The Morgan fingerprint density at radius 1 is 1.44 bits per heavy atom. The molecule has 0 bridgehead atoms. The van der Waals surface area contributed by atoms with Crippen LogP contribution in [-0.4, -0.2) is 19.1 Å². The molecule has 5 nitrogen and oxygen atoms in total. The van der Waals surface area contributed by atoms with Crippen LogP contribution in [0.5, 0.6) is 0 Å². The van der Waals surface area contributed by atoms with Crippen LogP contribution in [0.4, 0.5) is 0 Å². The molecule has 0 aliphatic heterocycles. The molecule has 0 aliphatic carbocycles. The fourth-order valence-electron chi connectivity index (χ4n) is 1.75. The minimum absolute atomic E-state index is 0.121. The first-order valence-corrected chi connectivity index (χ1v) is 5.45. The third-order valence-corrected chi connectivity index (χ3v) is 2.68. The summed E-state index contributed by atoms with van der Waals surface area (Å²) in [6, 6.07) is 5.77. The van der Waals surface area contributed by atoms with Gasteiger partial charge in [-0.05, 0) is 24.1 Å². The topological polar surface area (TPSA) is 82.5 Å². The maximum absolute atomic E-state index is 11.6. The lowest BCUT2D eigenvalue weighted by Crippen LogP contribution is -2.33. The van der Waals surface area contributed by atoms with Gasteiger partial charge < -0.3 is 14.9 Å². The van der Waals surface area contributed by atoms with Crippen LogP contribution in [-0.2, 0) is 16.0 Å². The van der Waals surface area contributed by atoms with E-state index in [9.17, 15) is 9.59 Å². The van der Waals surface area contributed by atoms with Crippen LogP contribution in [0.15, 0.2) is 39.7 Å². The van der Waals surface area contributed by atoms with Crippen LogP contribution in [0.25, 0.3) is 11.0 Å². The number of esters is 1. The van der Waals surface area contributed by atoms with E-state index in [0.717, 1.165) is 5.56 Å². The fourth-order valence-corrected chi connectivity index (χ4v) is 1.75. The SMILES string of the molecule is COC(=O)C(N)Cc1ccc2occc(=O)c2c1. The first-order valence-electron chi connectivity index (χ1n) is 5.45. The number of carbonyl (C=O) groups excluding carboxylic acids is 1. The van der Waals surface area contributed by atoms with Crippen LogP contribution in [0.1, 0.15) is 5.56 Å². The van der Waals surface area contributed by atoms with E-state index in [4.69, 9.17) is 10.2 Å². The summed E-state index contributed by atoms with van der Waals surface area (Å²) in [6.07, 6.45) is 1.67. The largest absolute Gasteiger partial charge is 0.468 e. The van der Waals surface area contributed by atoms with Gasteiger partial charge in [0.05, 0.1) is 18.8 Å². The highest BCUT2D eigenvalue weighted by Crippen LogP contribution is 2.13. The van der Waals surface area contributed by atoms with Crippen LogP contribution in [0.3, 0.4) is 0 Å². The molecule has 1 heterocycles. The molecule has 5 heteroatoms. The normalized spacial score (nSPS) is 12.3. The molecule has 0 saturated carbocycles. The first kappa shape index (κ1) is 12.3. The zero-order chi connectivity index (χ0) is 13.1. The van der Waals surface area contributed by atoms with Gasteiger partial charge in [-0.25, -0.2) is 0 Å². The molecule has 2 rings (SSSR count). The minimum atomic E-state index is -0.733. The highest BCUT2D eigenvalue weighted by molar-refractivity contribution is 5.78. The average Bonchev–Trinajstić information content (AvgIpc) is 2.38. The van der Waals surface area contributed by atoms with E-state index in [1.165, 1.54) is 19.4 Å². The Hall–Kier alpha value is -2.14. The van der Waals surface area contributed by atoms with Crippen molar-refractivity contribution >= 4 is 16.9 Å². The maximum Gasteiger partial charge on any atom is 0.322 e. The highest BCUT2D eigenvalue weighted by Gasteiger charge is 2.14. The molecule has 2 aromatic rings. The van der Waals surface area contributed by atoms with E-state index in [1.54, 1.807) is 18.2 Å². The van der Waals surface area contributed by atoms with E-state index in [2.05, 4.69) is 4.74 Å². The summed E-state index contributed by atoms with van der Waals surface area (Å²) in [5, 5.41) is 0.479. The third-order valence-electron chi connectivity index (χ3n) is 2.68. The van der Waals surface area contributed by atoms with E-state index in [1.807, 2.05) is 0 Å². The van der Waals surface area contributed by atoms with Gasteiger partial charge in [-0.2, -0.15) is 0 Å². The minimum Gasteiger partial charge on any atom is -0.468 e. The Labute approximate surface area is 103 Å². The summed E-state index contributed by atoms with van der Waals surface area (Å²) in [6.45, 7) is 0. The number of nitrogens with two attached hydrogens (primary N) is 1. The molecule has 0 fully saturated rings. The van der Waals surface area contributed by atoms with Gasteiger partial charge in [0.1, 0.15) is 11.6 Å². The smallest absolute Gasteiger partial charge is 0.322 e. The summed E-state index contributed by atoms with van der Waals surface area (Å²) in [7, 11) is 1.29. The van der Waals surface area contributed by atoms with Crippen LogP contribution < -0.4 is 11.2 Å². The molecule has 0 radical (unpaired) electrons.